The lowest BCUT2D eigenvalue weighted by atomic mass is 9.91. The van der Waals surface area contributed by atoms with Crippen molar-refractivity contribution in [1.29, 1.82) is 0 Å². The number of hydrogen-bond acceptors (Lipinski definition) is 3. The topological polar surface area (TPSA) is 61.4 Å². The van der Waals surface area contributed by atoms with Gasteiger partial charge in [0.2, 0.25) is 5.91 Å². The Labute approximate surface area is 197 Å². The minimum absolute atomic E-state index is 0.0232. The smallest absolute Gasteiger partial charge is 0.348 e. The minimum Gasteiger partial charge on any atom is -0.348 e. The number of nitrogens with one attached hydrogen (secondary N) is 2. The van der Waals surface area contributed by atoms with E-state index in [1.807, 2.05) is 30.0 Å². The van der Waals surface area contributed by atoms with Gasteiger partial charge in [0, 0.05) is 30.7 Å². The maximum absolute atomic E-state index is 13.7. The summed E-state index contributed by atoms with van der Waals surface area (Å²) >= 11 is 0. The van der Waals surface area contributed by atoms with Crippen molar-refractivity contribution < 1.29 is 22.8 Å². The van der Waals surface area contributed by atoms with Crippen molar-refractivity contribution in [2.75, 3.05) is 13.1 Å². The molecule has 0 bridgehead atoms. The predicted molar refractivity (Wildman–Crippen MR) is 123 cm³/mol. The number of benzene rings is 2. The van der Waals surface area contributed by atoms with Crippen molar-refractivity contribution in [1.82, 2.24) is 15.5 Å². The first kappa shape index (κ1) is 24.3. The van der Waals surface area contributed by atoms with Crippen molar-refractivity contribution in [3.8, 4) is 0 Å². The largest absolute Gasteiger partial charge is 0.416 e. The maximum Gasteiger partial charge on any atom is 0.416 e. The normalized spacial score (nSPS) is 20.6. The lowest BCUT2D eigenvalue weighted by molar-refractivity contribution is -0.138. The second kappa shape index (κ2) is 9.78. The third-order valence-corrected chi connectivity index (χ3v) is 6.90. The van der Waals surface area contributed by atoms with Crippen LogP contribution in [0, 0.1) is 19.8 Å². The van der Waals surface area contributed by atoms with Gasteiger partial charge in [-0.1, -0.05) is 24.3 Å². The first-order chi connectivity index (χ1) is 16.1. The average molecular weight is 474 g/mol. The molecule has 2 unspecified atom stereocenters. The summed E-state index contributed by atoms with van der Waals surface area (Å²) in [5.74, 6) is -1.09. The van der Waals surface area contributed by atoms with Gasteiger partial charge in [-0.2, -0.15) is 13.2 Å². The molecule has 0 radical (unpaired) electrons. The van der Waals surface area contributed by atoms with E-state index in [1.54, 1.807) is 0 Å². The lowest BCUT2D eigenvalue weighted by Gasteiger charge is -2.36. The van der Waals surface area contributed by atoms with Crippen molar-refractivity contribution >= 4 is 11.8 Å². The highest BCUT2D eigenvalue weighted by Gasteiger charge is 2.40. The van der Waals surface area contributed by atoms with Gasteiger partial charge in [-0.3, -0.25) is 9.59 Å². The van der Waals surface area contributed by atoms with Crippen molar-refractivity contribution in [2.24, 2.45) is 5.92 Å². The second-order valence-electron chi connectivity index (χ2n) is 9.31. The minimum atomic E-state index is -4.53. The van der Waals surface area contributed by atoms with E-state index in [-0.39, 0.29) is 17.5 Å². The number of aryl methyl sites for hydroxylation is 1. The highest BCUT2D eigenvalue weighted by molar-refractivity contribution is 5.95. The number of rotatable bonds is 6. The molecule has 182 valence electrons. The third kappa shape index (κ3) is 5.43. The number of nitrogens with zero attached hydrogens (tertiary/aromatic N) is 1. The van der Waals surface area contributed by atoms with Gasteiger partial charge in [0.15, 0.2) is 0 Å². The molecular formula is C26H30F3N3O2. The fourth-order valence-electron chi connectivity index (χ4n) is 4.53. The maximum atomic E-state index is 13.7. The summed E-state index contributed by atoms with van der Waals surface area (Å²) in [4.78, 5) is 28.4. The average Bonchev–Trinajstić information content (AvgIpc) is 3.65. The van der Waals surface area contributed by atoms with Crippen molar-refractivity contribution in [3.63, 3.8) is 0 Å². The number of halogens is 3. The monoisotopic (exact) mass is 473 g/mol. The molecule has 2 N–H and O–H groups in total. The zero-order valence-electron chi connectivity index (χ0n) is 19.4. The Bertz CT molecular complexity index is 1070. The fourth-order valence-corrected chi connectivity index (χ4v) is 4.53. The molecule has 1 aliphatic heterocycles. The van der Waals surface area contributed by atoms with Gasteiger partial charge in [0.25, 0.3) is 5.91 Å². The van der Waals surface area contributed by atoms with Crippen LogP contribution in [0.25, 0.3) is 0 Å². The first-order valence-electron chi connectivity index (χ1n) is 11.7. The molecule has 34 heavy (non-hydrogen) atoms. The zero-order valence-corrected chi connectivity index (χ0v) is 19.4. The number of alkyl halides is 3. The molecule has 0 aromatic heterocycles. The van der Waals surface area contributed by atoms with Gasteiger partial charge in [-0.15, -0.1) is 0 Å². The van der Waals surface area contributed by atoms with Gasteiger partial charge in [-0.05, 0) is 74.5 Å². The Morgan fingerprint density at radius 3 is 2.53 bits per heavy atom. The molecule has 2 aromatic rings. The standard InChI is InChI=1S/C26H30F3N3O2/c1-16-5-3-7-19(17(16)2)15-32(21-9-10-21)25(34)22-14-30-12-11-23(22)31-24(33)18-6-4-8-20(13-18)26(27,28)29/h3-8,13,21-23,30H,9-12,14-15H2,1-2H3,(H,31,33). The summed E-state index contributed by atoms with van der Waals surface area (Å²) in [5.41, 5.74) is 2.51. The SMILES string of the molecule is Cc1cccc(CN(C(=O)C2CNCCC2NC(=O)c2cccc(C(F)(F)F)c2)C2CC2)c1C. The van der Waals surface area contributed by atoms with E-state index in [4.69, 9.17) is 0 Å². The number of piperidine rings is 1. The van der Waals surface area contributed by atoms with Gasteiger partial charge in [0.1, 0.15) is 0 Å². The Hall–Kier alpha value is -2.87. The molecule has 1 aliphatic carbocycles. The summed E-state index contributed by atoms with van der Waals surface area (Å²) in [6.45, 7) is 5.66. The van der Waals surface area contributed by atoms with Crippen LogP contribution in [0.2, 0.25) is 0 Å². The van der Waals surface area contributed by atoms with E-state index in [9.17, 15) is 22.8 Å². The lowest BCUT2D eigenvalue weighted by Crippen LogP contribution is -2.55. The molecule has 1 saturated heterocycles. The predicted octanol–water partition coefficient (Wildman–Crippen LogP) is 4.22. The quantitative estimate of drug-likeness (QED) is 0.661. The van der Waals surface area contributed by atoms with Gasteiger partial charge >= 0.3 is 6.18 Å². The highest BCUT2D eigenvalue weighted by Crippen LogP contribution is 2.32. The van der Waals surface area contributed by atoms with Crippen LogP contribution in [0.3, 0.4) is 0 Å². The molecule has 2 atom stereocenters. The second-order valence-corrected chi connectivity index (χ2v) is 9.31. The molecule has 2 amide bonds. The third-order valence-electron chi connectivity index (χ3n) is 6.90. The summed E-state index contributed by atoms with van der Waals surface area (Å²) in [7, 11) is 0. The fraction of sp³-hybridized carbons (Fsp3) is 0.462. The molecule has 2 fully saturated rings. The zero-order chi connectivity index (χ0) is 24.5. The van der Waals surface area contributed by atoms with Crippen LogP contribution >= 0.6 is 0 Å². The van der Waals surface area contributed by atoms with E-state index < -0.39 is 29.6 Å². The number of hydrogen-bond donors (Lipinski definition) is 2. The van der Waals surface area contributed by atoms with Gasteiger partial charge in [0.05, 0.1) is 11.5 Å². The van der Waals surface area contributed by atoms with E-state index in [1.165, 1.54) is 17.7 Å². The van der Waals surface area contributed by atoms with Crippen LogP contribution in [0.5, 0.6) is 0 Å². The van der Waals surface area contributed by atoms with Crippen LogP contribution in [0.1, 0.15) is 51.9 Å². The summed E-state index contributed by atoms with van der Waals surface area (Å²) in [6.07, 6.45) is -2.08. The van der Waals surface area contributed by atoms with Gasteiger partial charge in [-0.25, -0.2) is 0 Å². The molecule has 2 aromatic carbocycles. The number of carbonyl (C=O) groups excluding carboxylic acids is 2. The highest BCUT2D eigenvalue weighted by atomic mass is 19.4. The molecule has 1 heterocycles. The van der Waals surface area contributed by atoms with Gasteiger partial charge < -0.3 is 15.5 Å². The van der Waals surface area contributed by atoms with E-state index in [0.717, 1.165) is 36.1 Å². The first-order valence-corrected chi connectivity index (χ1v) is 11.7. The molecule has 1 saturated carbocycles. The van der Waals surface area contributed by atoms with Crippen LogP contribution in [-0.4, -0.2) is 41.9 Å². The van der Waals surface area contributed by atoms with E-state index >= 15 is 0 Å². The van der Waals surface area contributed by atoms with Crippen molar-refractivity contribution in [3.05, 3.63) is 70.3 Å². The van der Waals surface area contributed by atoms with E-state index in [2.05, 4.69) is 17.6 Å². The summed E-state index contributed by atoms with van der Waals surface area (Å²) in [5, 5.41) is 6.09. The number of carbonyl (C=O) groups is 2. The Kier molecular flexibility index (Phi) is 6.98. The molecule has 5 nitrogen and oxygen atoms in total. The summed E-state index contributed by atoms with van der Waals surface area (Å²) in [6, 6.07) is 10.2. The Balaban J connectivity index is 1.51. The van der Waals surface area contributed by atoms with Crippen LogP contribution in [0.4, 0.5) is 13.2 Å². The molecular weight excluding hydrogens is 443 g/mol. The Morgan fingerprint density at radius 2 is 1.82 bits per heavy atom. The summed E-state index contributed by atoms with van der Waals surface area (Å²) < 4.78 is 39.2. The van der Waals surface area contributed by atoms with Crippen LogP contribution in [0.15, 0.2) is 42.5 Å². The molecule has 2 aliphatic rings. The van der Waals surface area contributed by atoms with Crippen LogP contribution in [-0.2, 0) is 17.5 Å². The molecule has 4 rings (SSSR count). The van der Waals surface area contributed by atoms with Crippen molar-refractivity contribution in [2.45, 2.75) is 57.9 Å². The molecule has 0 spiro atoms. The van der Waals surface area contributed by atoms with Crippen LogP contribution < -0.4 is 10.6 Å². The number of amides is 2. The Morgan fingerprint density at radius 1 is 1.09 bits per heavy atom. The molecule has 8 heteroatoms. The van der Waals surface area contributed by atoms with E-state index in [0.29, 0.717) is 26.1 Å².